The Morgan fingerprint density at radius 2 is 1.58 bits per heavy atom. The van der Waals surface area contributed by atoms with Crippen LogP contribution in [0.25, 0.3) is 0 Å². The van der Waals surface area contributed by atoms with E-state index in [2.05, 4.69) is 5.32 Å². The number of sulfonamides is 1. The molecule has 1 unspecified atom stereocenters. The molecule has 1 atom stereocenters. The van der Waals surface area contributed by atoms with Crippen molar-refractivity contribution in [3.05, 3.63) is 65.7 Å². The van der Waals surface area contributed by atoms with E-state index in [4.69, 9.17) is 0 Å². The molecule has 0 saturated carbocycles. The van der Waals surface area contributed by atoms with Crippen molar-refractivity contribution in [1.29, 1.82) is 0 Å². The maximum absolute atomic E-state index is 13.6. The molecular weight excluding hydrogens is 438 g/mol. The van der Waals surface area contributed by atoms with Crippen molar-refractivity contribution in [2.45, 2.75) is 59.2 Å². The van der Waals surface area contributed by atoms with E-state index in [1.165, 1.54) is 4.90 Å². The smallest absolute Gasteiger partial charge is 0.244 e. The van der Waals surface area contributed by atoms with Crippen molar-refractivity contribution in [2.24, 2.45) is 0 Å². The molecule has 0 radical (unpaired) electrons. The van der Waals surface area contributed by atoms with Crippen LogP contribution in [0.4, 0.5) is 5.69 Å². The Morgan fingerprint density at radius 3 is 2.09 bits per heavy atom. The minimum Gasteiger partial charge on any atom is -0.350 e. The van der Waals surface area contributed by atoms with Gasteiger partial charge in [-0.05, 0) is 57.4 Å². The molecule has 0 bridgehead atoms. The van der Waals surface area contributed by atoms with Crippen LogP contribution in [-0.4, -0.2) is 49.5 Å². The highest BCUT2D eigenvalue weighted by Gasteiger charge is 2.33. The van der Waals surface area contributed by atoms with Gasteiger partial charge in [-0.25, -0.2) is 8.42 Å². The summed E-state index contributed by atoms with van der Waals surface area (Å²) in [6, 6.07) is 15.4. The lowest BCUT2D eigenvalue weighted by atomic mass is 10.0. The Labute approximate surface area is 197 Å². The number of hydrogen-bond acceptors (Lipinski definition) is 4. The monoisotopic (exact) mass is 473 g/mol. The molecule has 1 N–H and O–H groups in total. The number of nitrogens with one attached hydrogen (secondary N) is 1. The first-order valence-corrected chi connectivity index (χ1v) is 12.9. The van der Waals surface area contributed by atoms with Crippen LogP contribution in [0.2, 0.25) is 0 Å². The molecule has 0 aliphatic rings. The fraction of sp³-hybridized carbons (Fsp3) is 0.440. The fourth-order valence-electron chi connectivity index (χ4n) is 3.55. The van der Waals surface area contributed by atoms with Gasteiger partial charge < -0.3 is 10.2 Å². The van der Waals surface area contributed by atoms with E-state index in [-0.39, 0.29) is 12.5 Å². The Bertz CT molecular complexity index is 1060. The van der Waals surface area contributed by atoms with Gasteiger partial charge in [-0.1, -0.05) is 49.4 Å². The van der Waals surface area contributed by atoms with Gasteiger partial charge in [0.1, 0.15) is 12.6 Å². The van der Waals surface area contributed by atoms with Crippen LogP contribution in [0, 0.1) is 6.92 Å². The first-order chi connectivity index (χ1) is 15.3. The highest BCUT2D eigenvalue weighted by atomic mass is 32.2. The van der Waals surface area contributed by atoms with Gasteiger partial charge in [-0.2, -0.15) is 0 Å². The first-order valence-electron chi connectivity index (χ1n) is 11.0. The largest absolute Gasteiger partial charge is 0.350 e. The van der Waals surface area contributed by atoms with E-state index in [1.54, 1.807) is 30.3 Å². The molecular formula is C25H35N3O4S. The van der Waals surface area contributed by atoms with Crippen LogP contribution in [0.1, 0.15) is 45.2 Å². The van der Waals surface area contributed by atoms with Crippen molar-refractivity contribution >= 4 is 27.5 Å². The van der Waals surface area contributed by atoms with Gasteiger partial charge in [0.25, 0.3) is 0 Å². The molecule has 2 amide bonds. The highest BCUT2D eigenvalue weighted by molar-refractivity contribution is 7.92. The zero-order valence-corrected chi connectivity index (χ0v) is 21.1. The molecule has 0 aromatic heterocycles. The van der Waals surface area contributed by atoms with Gasteiger partial charge in [-0.3, -0.25) is 13.9 Å². The second-order valence-electron chi connectivity index (χ2n) is 9.22. The van der Waals surface area contributed by atoms with Crippen molar-refractivity contribution in [3.63, 3.8) is 0 Å². The molecule has 7 nitrogen and oxygen atoms in total. The summed E-state index contributed by atoms with van der Waals surface area (Å²) in [6.07, 6.45) is 1.46. The second kappa shape index (κ2) is 10.8. The lowest BCUT2D eigenvalue weighted by Crippen LogP contribution is -2.55. The van der Waals surface area contributed by atoms with Crippen LogP contribution in [0.5, 0.6) is 0 Å². The molecule has 0 aliphatic carbocycles. The normalized spacial score (nSPS) is 12.7. The maximum atomic E-state index is 13.6. The summed E-state index contributed by atoms with van der Waals surface area (Å²) in [4.78, 5) is 28.2. The Morgan fingerprint density at radius 1 is 1.00 bits per heavy atom. The minimum absolute atomic E-state index is 0.202. The van der Waals surface area contributed by atoms with E-state index in [9.17, 15) is 18.0 Å². The molecule has 0 aliphatic heterocycles. The topological polar surface area (TPSA) is 86.8 Å². The zero-order chi connectivity index (χ0) is 24.8. The summed E-state index contributed by atoms with van der Waals surface area (Å²) < 4.78 is 26.2. The van der Waals surface area contributed by atoms with E-state index in [0.29, 0.717) is 12.1 Å². The lowest BCUT2D eigenvalue weighted by Gasteiger charge is -2.34. The van der Waals surface area contributed by atoms with Gasteiger partial charge in [-0.15, -0.1) is 0 Å². The van der Waals surface area contributed by atoms with Crippen LogP contribution in [0.3, 0.4) is 0 Å². The van der Waals surface area contributed by atoms with Gasteiger partial charge >= 0.3 is 0 Å². The molecule has 0 heterocycles. The number of anilines is 1. The number of carbonyl (C=O) groups excluding carboxylic acids is 2. The van der Waals surface area contributed by atoms with E-state index in [0.717, 1.165) is 21.7 Å². The molecule has 180 valence electrons. The van der Waals surface area contributed by atoms with Crippen molar-refractivity contribution in [2.75, 3.05) is 17.1 Å². The summed E-state index contributed by atoms with van der Waals surface area (Å²) in [5.74, 6) is -0.707. The van der Waals surface area contributed by atoms with E-state index < -0.39 is 34.1 Å². The molecule has 0 saturated heterocycles. The third kappa shape index (κ3) is 7.60. The second-order valence-corrected chi connectivity index (χ2v) is 11.1. The average Bonchev–Trinajstić information content (AvgIpc) is 2.71. The van der Waals surface area contributed by atoms with Gasteiger partial charge in [0.05, 0.1) is 11.9 Å². The van der Waals surface area contributed by atoms with Gasteiger partial charge in [0.15, 0.2) is 0 Å². The molecule has 8 heteroatoms. The van der Waals surface area contributed by atoms with Crippen LogP contribution in [0.15, 0.2) is 54.6 Å². The summed E-state index contributed by atoms with van der Waals surface area (Å²) in [7, 11) is -3.72. The third-order valence-corrected chi connectivity index (χ3v) is 6.35. The van der Waals surface area contributed by atoms with Crippen LogP contribution >= 0.6 is 0 Å². The van der Waals surface area contributed by atoms with Crippen molar-refractivity contribution < 1.29 is 18.0 Å². The Balaban J connectivity index is 2.45. The summed E-state index contributed by atoms with van der Waals surface area (Å²) in [6.45, 7) is 9.24. The quantitative estimate of drug-likeness (QED) is 0.604. The summed E-state index contributed by atoms with van der Waals surface area (Å²) >= 11 is 0. The van der Waals surface area contributed by atoms with E-state index in [1.807, 2.05) is 58.9 Å². The number of nitrogens with zero attached hydrogens (tertiary/aromatic N) is 2. The van der Waals surface area contributed by atoms with Crippen LogP contribution < -0.4 is 9.62 Å². The van der Waals surface area contributed by atoms with E-state index >= 15 is 0 Å². The van der Waals surface area contributed by atoms with Crippen molar-refractivity contribution in [3.8, 4) is 0 Å². The number of para-hydroxylation sites is 1. The molecule has 0 spiro atoms. The molecule has 0 fully saturated rings. The van der Waals surface area contributed by atoms with Crippen LogP contribution in [-0.2, 0) is 26.2 Å². The first kappa shape index (κ1) is 26.4. The molecule has 2 aromatic rings. The number of benzene rings is 2. The number of hydrogen-bond donors (Lipinski definition) is 1. The predicted octanol–water partition coefficient (Wildman–Crippen LogP) is 3.48. The number of rotatable bonds is 9. The third-order valence-electron chi connectivity index (χ3n) is 5.21. The highest BCUT2D eigenvalue weighted by Crippen LogP contribution is 2.20. The summed E-state index contributed by atoms with van der Waals surface area (Å²) in [5, 5.41) is 2.96. The standard InChI is InChI=1S/C25H35N3O4S/c1-7-22(24(30)26-25(3,4)5)27(17-20-14-12-11-13-19(20)2)23(29)18-28(33(6,31)32)21-15-9-8-10-16-21/h8-16,22H,7,17-18H2,1-6H3,(H,26,30). The Kier molecular flexibility index (Phi) is 8.66. The number of amides is 2. The molecule has 2 aromatic carbocycles. The predicted molar refractivity (Wildman–Crippen MR) is 132 cm³/mol. The molecule has 33 heavy (non-hydrogen) atoms. The lowest BCUT2D eigenvalue weighted by molar-refractivity contribution is -0.141. The van der Waals surface area contributed by atoms with Crippen molar-refractivity contribution in [1.82, 2.24) is 10.2 Å². The van der Waals surface area contributed by atoms with Gasteiger partial charge in [0, 0.05) is 12.1 Å². The number of aryl methyl sites for hydroxylation is 1. The Hall–Kier alpha value is -2.87. The fourth-order valence-corrected chi connectivity index (χ4v) is 4.40. The molecule has 2 rings (SSSR count). The maximum Gasteiger partial charge on any atom is 0.244 e. The minimum atomic E-state index is -3.72. The summed E-state index contributed by atoms with van der Waals surface area (Å²) in [5.41, 5.74) is 1.82. The zero-order valence-electron chi connectivity index (χ0n) is 20.3. The number of carbonyl (C=O) groups is 2. The van der Waals surface area contributed by atoms with Gasteiger partial charge in [0.2, 0.25) is 21.8 Å². The average molecular weight is 474 g/mol. The SMILES string of the molecule is CCC(C(=O)NC(C)(C)C)N(Cc1ccccc1C)C(=O)CN(c1ccccc1)S(C)(=O)=O.